The van der Waals surface area contributed by atoms with E-state index in [1.165, 1.54) is 0 Å². The van der Waals surface area contributed by atoms with Crippen molar-refractivity contribution in [3.8, 4) is 0 Å². The number of hydrogen-bond donors (Lipinski definition) is 1. The molecule has 1 atom stereocenters. The van der Waals surface area contributed by atoms with E-state index in [4.69, 9.17) is 5.73 Å². The molecule has 0 aromatic carbocycles. The monoisotopic (exact) mass is 216 g/mol. The molecule has 1 amide bonds. The molecule has 1 fully saturated rings. The molecule has 1 heterocycles. The minimum absolute atomic E-state index is 0.200. The Hall–Kier alpha value is -0.220. The summed E-state index contributed by atoms with van der Waals surface area (Å²) in [5.74, 6) is 2.31. The fourth-order valence-electron chi connectivity index (χ4n) is 1.70. The second-order valence-corrected chi connectivity index (χ2v) is 5.08. The molecule has 14 heavy (non-hydrogen) atoms. The van der Waals surface area contributed by atoms with Crippen molar-refractivity contribution in [3.05, 3.63) is 0 Å². The van der Waals surface area contributed by atoms with E-state index < -0.39 is 0 Å². The van der Waals surface area contributed by atoms with Gasteiger partial charge in [-0.15, -0.1) is 0 Å². The van der Waals surface area contributed by atoms with Gasteiger partial charge >= 0.3 is 0 Å². The summed E-state index contributed by atoms with van der Waals surface area (Å²) in [6.07, 6.45) is 2.80. The fourth-order valence-corrected chi connectivity index (χ4v) is 2.31. The van der Waals surface area contributed by atoms with Gasteiger partial charge in [-0.3, -0.25) is 4.79 Å². The SMILES string of the molecule is CCSCCC(=O)N1CCCC(N)C1. The quantitative estimate of drug-likeness (QED) is 0.715. The number of piperidine rings is 1. The Morgan fingerprint density at radius 3 is 3.07 bits per heavy atom. The molecule has 82 valence electrons. The molecular formula is C10H20N2OS. The molecule has 0 aliphatic carbocycles. The van der Waals surface area contributed by atoms with E-state index in [1.54, 1.807) is 0 Å². The maximum atomic E-state index is 11.7. The second-order valence-electron chi connectivity index (χ2n) is 3.69. The minimum Gasteiger partial charge on any atom is -0.341 e. The zero-order chi connectivity index (χ0) is 10.4. The van der Waals surface area contributed by atoms with Gasteiger partial charge in [-0.25, -0.2) is 0 Å². The summed E-state index contributed by atoms with van der Waals surface area (Å²) in [6, 6.07) is 0.200. The normalized spacial score (nSPS) is 22.4. The Morgan fingerprint density at radius 1 is 1.64 bits per heavy atom. The van der Waals surface area contributed by atoms with E-state index in [0.29, 0.717) is 6.42 Å². The maximum absolute atomic E-state index is 11.7. The first-order valence-corrected chi connectivity index (χ1v) is 6.50. The Bertz CT molecular complexity index is 187. The lowest BCUT2D eigenvalue weighted by Gasteiger charge is -2.30. The summed E-state index contributed by atoms with van der Waals surface area (Å²) < 4.78 is 0. The molecule has 1 rings (SSSR count). The molecule has 0 radical (unpaired) electrons. The van der Waals surface area contributed by atoms with Crippen molar-refractivity contribution in [2.75, 3.05) is 24.6 Å². The van der Waals surface area contributed by atoms with Crippen LogP contribution in [-0.2, 0) is 4.79 Å². The molecule has 0 saturated carbocycles. The summed E-state index contributed by atoms with van der Waals surface area (Å²) in [4.78, 5) is 13.6. The zero-order valence-corrected chi connectivity index (χ0v) is 9.68. The number of nitrogens with zero attached hydrogens (tertiary/aromatic N) is 1. The van der Waals surface area contributed by atoms with Gasteiger partial charge in [0.1, 0.15) is 0 Å². The first-order chi connectivity index (χ1) is 6.74. The molecule has 1 saturated heterocycles. The Labute approximate surface area is 90.4 Å². The van der Waals surface area contributed by atoms with Crippen molar-refractivity contribution < 1.29 is 4.79 Å². The third-order valence-corrected chi connectivity index (χ3v) is 3.38. The van der Waals surface area contributed by atoms with Crippen molar-refractivity contribution in [2.24, 2.45) is 5.73 Å². The van der Waals surface area contributed by atoms with Crippen molar-refractivity contribution in [1.29, 1.82) is 0 Å². The first kappa shape index (κ1) is 11.9. The van der Waals surface area contributed by atoms with Crippen molar-refractivity contribution in [2.45, 2.75) is 32.2 Å². The van der Waals surface area contributed by atoms with Crippen molar-refractivity contribution in [1.82, 2.24) is 4.90 Å². The van der Waals surface area contributed by atoms with E-state index in [-0.39, 0.29) is 11.9 Å². The lowest BCUT2D eigenvalue weighted by molar-refractivity contribution is -0.131. The molecular weight excluding hydrogens is 196 g/mol. The number of carbonyl (C=O) groups excluding carboxylic acids is 1. The van der Waals surface area contributed by atoms with E-state index in [0.717, 1.165) is 37.4 Å². The van der Waals surface area contributed by atoms with Crippen LogP contribution in [0.15, 0.2) is 0 Å². The zero-order valence-electron chi connectivity index (χ0n) is 8.87. The highest BCUT2D eigenvalue weighted by atomic mass is 32.2. The molecule has 0 spiro atoms. The van der Waals surface area contributed by atoms with E-state index in [2.05, 4.69) is 6.92 Å². The molecule has 1 aliphatic heterocycles. The topological polar surface area (TPSA) is 46.3 Å². The third-order valence-electron chi connectivity index (χ3n) is 2.47. The molecule has 1 unspecified atom stereocenters. The van der Waals surface area contributed by atoms with Crippen LogP contribution in [0.2, 0.25) is 0 Å². The van der Waals surface area contributed by atoms with Gasteiger partial charge in [0.25, 0.3) is 0 Å². The molecule has 0 aromatic heterocycles. The smallest absolute Gasteiger partial charge is 0.223 e. The second kappa shape index (κ2) is 6.30. The van der Waals surface area contributed by atoms with Crippen LogP contribution in [0.3, 0.4) is 0 Å². The molecule has 0 aromatic rings. The Balaban J connectivity index is 2.22. The molecule has 4 heteroatoms. The van der Waals surface area contributed by atoms with Crippen LogP contribution in [0.1, 0.15) is 26.2 Å². The number of nitrogens with two attached hydrogens (primary N) is 1. The van der Waals surface area contributed by atoms with Gasteiger partial charge in [-0.05, 0) is 18.6 Å². The fraction of sp³-hybridized carbons (Fsp3) is 0.900. The largest absolute Gasteiger partial charge is 0.341 e. The average Bonchev–Trinajstić information content (AvgIpc) is 2.18. The molecule has 3 nitrogen and oxygen atoms in total. The number of carbonyl (C=O) groups is 1. The number of likely N-dealkylation sites (tertiary alicyclic amines) is 1. The molecule has 2 N–H and O–H groups in total. The van der Waals surface area contributed by atoms with Gasteiger partial charge < -0.3 is 10.6 Å². The van der Waals surface area contributed by atoms with Gasteiger partial charge in [0.15, 0.2) is 0 Å². The third kappa shape index (κ3) is 3.88. The number of rotatable bonds is 4. The van der Waals surface area contributed by atoms with Crippen LogP contribution in [0.25, 0.3) is 0 Å². The van der Waals surface area contributed by atoms with Crippen LogP contribution in [-0.4, -0.2) is 41.4 Å². The Morgan fingerprint density at radius 2 is 2.43 bits per heavy atom. The van der Waals surface area contributed by atoms with E-state index in [9.17, 15) is 4.79 Å². The average molecular weight is 216 g/mol. The number of amides is 1. The van der Waals surface area contributed by atoms with Crippen LogP contribution < -0.4 is 5.73 Å². The van der Waals surface area contributed by atoms with Gasteiger partial charge in [-0.2, -0.15) is 11.8 Å². The highest BCUT2D eigenvalue weighted by Crippen LogP contribution is 2.11. The predicted molar refractivity (Wildman–Crippen MR) is 61.4 cm³/mol. The number of thioether (sulfide) groups is 1. The lowest BCUT2D eigenvalue weighted by atomic mass is 10.1. The molecule has 1 aliphatic rings. The van der Waals surface area contributed by atoms with E-state index in [1.807, 2.05) is 16.7 Å². The highest BCUT2D eigenvalue weighted by Gasteiger charge is 2.20. The summed E-state index contributed by atoms with van der Waals surface area (Å²) in [5.41, 5.74) is 5.82. The summed E-state index contributed by atoms with van der Waals surface area (Å²) >= 11 is 1.82. The van der Waals surface area contributed by atoms with Crippen LogP contribution >= 0.6 is 11.8 Å². The van der Waals surface area contributed by atoms with Gasteiger partial charge in [0.2, 0.25) is 5.91 Å². The summed E-state index contributed by atoms with van der Waals surface area (Å²) in [7, 11) is 0. The maximum Gasteiger partial charge on any atom is 0.223 e. The standard InChI is InChI=1S/C10H20N2OS/c1-2-14-7-5-10(13)12-6-3-4-9(11)8-12/h9H,2-8,11H2,1H3. The van der Waals surface area contributed by atoms with Crippen LogP contribution in [0.4, 0.5) is 0 Å². The molecule has 0 bridgehead atoms. The first-order valence-electron chi connectivity index (χ1n) is 5.35. The van der Waals surface area contributed by atoms with Crippen molar-refractivity contribution >= 4 is 17.7 Å². The predicted octanol–water partition coefficient (Wildman–Crippen LogP) is 1.08. The van der Waals surface area contributed by atoms with Crippen LogP contribution in [0.5, 0.6) is 0 Å². The lowest BCUT2D eigenvalue weighted by Crippen LogP contribution is -2.45. The minimum atomic E-state index is 0.200. The van der Waals surface area contributed by atoms with E-state index >= 15 is 0 Å². The van der Waals surface area contributed by atoms with Crippen molar-refractivity contribution in [3.63, 3.8) is 0 Å². The van der Waals surface area contributed by atoms with Gasteiger partial charge in [0.05, 0.1) is 0 Å². The van der Waals surface area contributed by atoms with Gasteiger partial charge in [0, 0.05) is 31.3 Å². The highest BCUT2D eigenvalue weighted by molar-refractivity contribution is 7.99. The summed E-state index contributed by atoms with van der Waals surface area (Å²) in [5, 5.41) is 0. The van der Waals surface area contributed by atoms with Gasteiger partial charge in [-0.1, -0.05) is 6.92 Å². The van der Waals surface area contributed by atoms with Crippen LogP contribution in [0, 0.1) is 0 Å². The number of hydrogen-bond acceptors (Lipinski definition) is 3. The Kier molecular flexibility index (Phi) is 5.33. The summed E-state index contributed by atoms with van der Waals surface area (Å²) in [6.45, 7) is 3.78.